The summed E-state index contributed by atoms with van der Waals surface area (Å²) in [4.78, 5) is 29.3. The van der Waals surface area contributed by atoms with Crippen LogP contribution in [0.5, 0.6) is 0 Å². The maximum atomic E-state index is 11.1. The number of aromatic carboxylic acids is 1. The molecule has 7 nitrogen and oxygen atoms in total. The minimum atomic E-state index is -0.975. The van der Waals surface area contributed by atoms with Crippen molar-refractivity contribution in [2.45, 2.75) is 6.92 Å². The summed E-state index contributed by atoms with van der Waals surface area (Å²) in [5.74, 6) is -0.975. The number of nitrogens with two attached hydrogens (primary N) is 1. The molecule has 116 valence electrons. The normalized spacial score (nSPS) is 14.0. The van der Waals surface area contributed by atoms with Crippen molar-refractivity contribution in [3.05, 3.63) is 46.8 Å². The van der Waals surface area contributed by atoms with E-state index in [0.29, 0.717) is 16.9 Å². The van der Waals surface area contributed by atoms with Crippen molar-refractivity contribution in [3.8, 4) is 0 Å². The Kier molecular flexibility index (Phi) is 3.46. The first kappa shape index (κ1) is 14.6. The van der Waals surface area contributed by atoms with Crippen LogP contribution in [0.3, 0.4) is 0 Å². The number of carboxylic acid groups (broad SMARTS) is 1. The van der Waals surface area contributed by atoms with Crippen LogP contribution in [0, 0.1) is 6.92 Å². The highest BCUT2D eigenvalue weighted by Crippen LogP contribution is 2.35. The van der Waals surface area contributed by atoms with Crippen molar-refractivity contribution >= 4 is 41.2 Å². The van der Waals surface area contributed by atoms with Crippen molar-refractivity contribution in [1.82, 2.24) is 4.98 Å². The van der Waals surface area contributed by atoms with E-state index >= 15 is 0 Å². The Hall–Kier alpha value is -3.35. The van der Waals surface area contributed by atoms with Gasteiger partial charge in [0.1, 0.15) is 0 Å². The lowest BCUT2D eigenvalue weighted by atomic mass is 10.0. The summed E-state index contributed by atoms with van der Waals surface area (Å²) >= 11 is 0. The number of carbonyl (C=O) groups is 2. The summed E-state index contributed by atoms with van der Waals surface area (Å²) < 4.78 is 0. The van der Waals surface area contributed by atoms with Gasteiger partial charge in [-0.25, -0.2) is 9.59 Å². The Labute approximate surface area is 131 Å². The predicted octanol–water partition coefficient (Wildman–Crippen LogP) is 2.77. The third kappa shape index (κ3) is 2.71. The molecule has 0 fully saturated rings. The van der Waals surface area contributed by atoms with Crippen LogP contribution in [0.1, 0.15) is 27.2 Å². The van der Waals surface area contributed by atoms with Crippen molar-refractivity contribution in [1.29, 1.82) is 0 Å². The van der Waals surface area contributed by atoms with Crippen LogP contribution in [0.15, 0.2) is 29.4 Å². The number of allylic oxidation sites excluding steroid dienone is 1. The van der Waals surface area contributed by atoms with Gasteiger partial charge in [-0.05, 0) is 36.8 Å². The Balaban J connectivity index is 2.00. The van der Waals surface area contributed by atoms with E-state index in [1.165, 1.54) is 6.20 Å². The third-order valence-electron chi connectivity index (χ3n) is 3.63. The molecule has 1 aromatic heterocycles. The summed E-state index contributed by atoms with van der Waals surface area (Å²) in [5, 5.41) is 11.6. The van der Waals surface area contributed by atoms with Crippen molar-refractivity contribution in [3.63, 3.8) is 0 Å². The molecule has 23 heavy (non-hydrogen) atoms. The number of aromatic nitrogens is 1. The van der Waals surface area contributed by atoms with Crippen LogP contribution in [-0.2, 0) is 0 Å². The average molecular weight is 310 g/mol. The standard InChI is InChI=1S/C16H14N4O3/c1-8-12(15(21)22)7-19-14(8)4-9-6-18-13-3-2-10(5-11(9)13)20-16(17)23/h2-7,19H,1H3,(H,21,22)(H3,17,20,23). The molecule has 0 radical (unpaired) electrons. The maximum absolute atomic E-state index is 11.1. The van der Waals surface area contributed by atoms with Gasteiger partial charge in [-0.1, -0.05) is 0 Å². The van der Waals surface area contributed by atoms with Gasteiger partial charge < -0.3 is 21.1 Å². The number of hydrogen-bond acceptors (Lipinski definition) is 3. The fourth-order valence-corrected chi connectivity index (χ4v) is 2.46. The van der Waals surface area contributed by atoms with Crippen LogP contribution in [-0.4, -0.2) is 28.3 Å². The van der Waals surface area contributed by atoms with Crippen LogP contribution < -0.4 is 11.1 Å². The predicted molar refractivity (Wildman–Crippen MR) is 88.2 cm³/mol. The number of carbonyl (C=O) groups excluding carboxylic acids is 1. The Morgan fingerprint density at radius 3 is 2.83 bits per heavy atom. The molecule has 2 amide bonds. The number of amides is 2. The van der Waals surface area contributed by atoms with Gasteiger partial charge in [0.05, 0.1) is 11.3 Å². The smallest absolute Gasteiger partial charge is 0.337 e. The topological polar surface area (TPSA) is 121 Å². The van der Waals surface area contributed by atoms with Gasteiger partial charge in [-0.15, -0.1) is 0 Å². The highest BCUT2D eigenvalue weighted by Gasteiger charge is 2.16. The molecule has 0 saturated carbocycles. The molecule has 1 aliphatic heterocycles. The van der Waals surface area contributed by atoms with Gasteiger partial charge >= 0.3 is 12.0 Å². The number of aromatic amines is 1. The Morgan fingerprint density at radius 2 is 2.17 bits per heavy atom. The number of hydrogen-bond donors (Lipinski definition) is 4. The number of primary amides is 1. The molecule has 0 spiro atoms. The summed E-state index contributed by atoms with van der Waals surface area (Å²) in [6.07, 6.45) is 4.98. The number of benzene rings is 1. The van der Waals surface area contributed by atoms with E-state index in [9.17, 15) is 9.59 Å². The first-order valence-electron chi connectivity index (χ1n) is 6.83. The Bertz CT molecular complexity index is 877. The van der Waals surface area contributed by atoms with E-state index in [1.807, 2.05) is 6.08 Å². The van der Waals surface area contributed by atoms with E-state index in [-0.39, 0.29) is 5.56 Å². The lowest BCUT2D eigenvalue weighted by molar-refractivity contribution is 0.0696. The molecule has 2 heterocycles. The second kappa shape index (κ2) is 5.45. The van der Waals surface area contributed by atoms with Gasteiger partial charge in [0.25, 0.3) is 0 Å². The van der Waals surface area contributed by atoms with Crippen molar-refractivity contribution < 1.29 is 14.7 Å². The second-order valence-corrected chi connectivity index (χ2v) is 5.13. The molecule has 3 rings (SSSR count). The lowest BCUT2D eigenvalue weighted by Crippen LogP contribution is -2.19. The minimum Gasteiger partial charge on any atom is -0.478 e. The lowest BCUT2D eigenvalue weighted by Gasteiger charge is -2.05. The number of carboxylic acids is 1. The number of rotatable bonds is 3. The molecule has 0 aliphatic carbocycles. The molecular formula is C16H14N4O3. The number of nitrogens with zero attached hydrogens (tertiary/aromatic N) is 1. The highest BCUT2D eigenvalue weighted by molar-refractivity contribution is 6.21. The number of aliphatic imine (C=N–C) groups is 1. The SMILES string of the molecule is Cc1c(C(=O)O)c[nH]c1C=C1C=Nc2ccc(NC(N)=O)cc21. The summed E-state index contributed by atoms with van der Waals surface area (Å²) in [7, 11) is 0. The number of nitrogens with one attached hydrogen (secondary N) is 2. The minimum absolute atomic E-state index is 0.233. The molecule has 1 aromatic carbocycles. The molecule has 0 saturated heterocycles. The number of urea groups is 1. The summed E-state index contributed by atoms with van der Waals surface area (Å²) in [6.45, 7) is 1.74. The maximum Gasteiger partial charge on any atom is 0.337 e. The van der Waals surface area contributed by atoms with E-state index in [2.05, 4.69) is 15.3 Å². The largest absolute Gasteiger partial charge is 0.478 e. The zero-order valence-electron chi connectivity index (χ0n) is 12.3. The van der Waals surface area contributed by atoms with E-state index in [1.54, 1.807) is 31.3 Å². The van der Waals surface area contributed by atoms with Crippen LogP contribution >= 0.6 is 0 Å². The van der Waals surface area contributed by atoms with Gasteiger partial charge in [-0.2, -0.15) is 0 Å². The van der Waals surface area contributed by atoms with Gasteiger partial charge in [-0.3, -0.25) is 4.99 Å². The van der Waals surface area contributed by atoms with Gasteiger partial charge in [0.15, 0.2) is 0 Å². The van der Waals surface area contributed by atoms with Crippen LogP contribution in [0.4, 0.5) is 16.2 Å². The quantitative estimate of drug-likeness (QED) is 0.697. The third-order valence-corrected chi connectivity index (χ3v) is 3.63. The highest BCUT2D eigenvalue weighted by atomic mass is 16.4. The second-order valence-electron chi connectivity index (χ2n) is 5.13. The molecule has 0 unspecified atom stereocenters. The fraction of sp³-hybridized carbons (Fsp3) is 0.0625. The van der Waals surface area contributed by atoms with Crippen molar-refractivity contribution in [2.75, 3.05) is 5.32 Å². The first-order valence-corrected chi connectivity index (χ1v) is 6.83. The Morgan fingerprint density at radius 1 is 1.39 bits per heavy atom. The molecular weight excluding hydrogens is 296 g/mol. The van der Waals surface area contributed by atoms with Gasteiger partial charge in [0.2, 0.25) is 0 Å². The molecule has 2 aromatic rings. The zero-order chi connectivity index (χ0) is 16.6. The number of anilines is 1. The van der Waals surface area contributed by atoms with Gasteiger partial charge in [0, 0.05) is 34.9 Å². The molecule has 0 atom stereocenters. The summed E-state index contributed by atoms with van der Waals surface area (Å²) in [5.41, 5.74) is 9.70. The van der Waals surface area contributed by atoms with E-state index < -0.39 is 12.0 Å². The van der Waals surface area contributed by atoms with E-state index in [4.69, 9.17) is 10.8 Å². The fourth-order valence-electron chi connectivity index (χ4n) is 2.46. The van der Waals surface area contributed by atoms with Crippen LogP contribution in [0.2, 0.25) is 0 Å². The van der Waals surface area contributed by atoms with E-state index in [0.717, 1.165) is 16.8 Å². The molecule has 1 aliphatic rings. The molecule has 0 bridgehead atoms. The number of fused-ring (bicyclic) bond motifs is 1. The first-order chi connectivity index (χ1) is 11.0. The number of H-pyrrole nitrogens is 1. The van der Waals surface area contributed by atoms with Crippen LogP contribution in [0.25, 0.3) is 11.6 Å². The molecule has 7 heteroatoms. The zero-order valence-corrected chi connectivity index (χ0v) is 12.3. The summed E-state index contributed by atoms with van der Waals surface area (Å²) in [6, 6.07) is 4.63. The molecule has 5 N–H and O–H groups in total. The average Bonchev–Trinajstić information content (AvgIpc) is 3.04. The monoisotopic (exact) mass is 310 g/mol. The van der Waals surface area contributed by atoms with Crippen molar-refractivity contribution in [2.24, 2.45) is 10.7 Å².